The largest absolute Gasteiger partial charge is 0.398 e. The number of aromatic nitrogens is 3. The molecule has 1 heterocycles. The van der Waals surface area contributed by atoms with E-state index in [-0.39, 0.29) is 12.5 Å². The summed E-state index contributed by atoms with van der Waals surface area (Å²) in [4.78, 5) is 16.0. The summed E-state index contributed by atoms with van der Waals surface area (Å²) in [5.41, 5.74) is 6.73. The second-order valence-corrected chi connectivity index (χ2v) is 4.52. The number of amides is 1. The molecule has 0 aliphatic carbocycles. The third-order valence-electron chi connectivity index (χ3n) is 2.33. The first-order valence-corrected chi connectivity index (χ1v) is 6.04. The van der Waals surface area contributed by atoms with Crippen molar-refractivity contribution in [1.82, 2.24) is 20.1 Å². The number of anilines is 1. The van der Waals surface area contributed by atoms with Crippen LogP contribution in [-0.2, 0) is 13.6 Å². The molecule has 2 aromatic rings. The highest BCUT2D eigenvalue weighted by Crippen LogP contribution is 2.23. The van der Waals surface area contributed by atoms with Crippen LogP contribution < -0.4 is 11.1 Å². The van der Waals surface area contributed by atoms with Crippen LogP contribution in [0.1, 0.15) is 16.2 Å². The Morgan fingerprint density at radius 1 is 1.56 bits per heavy atom. The lowest BCUT2D eigenvalue weighted by atomic mass is 10.2. The van der Waals surface area contributed by atoms with Crippen molar-refractivity contribution in [1.29, 1.82) is 0 Å². The number of nitrogen functional groups attached to an aromatic ring is 1. The molecule has 0 aliphatic rings. The molecular weight excluding hydrogens is 298 g/mol. The van der Waals surface area contributed by atoms with Gasteiger partial charge in [-0.15, -0.1) is 0 Å². The fourth-order valence-corrected chi connectivity index (χ4v) is 1.89. The number of hydrogen-bond acceptors (Lipinski definition) is 4. The molecule has 1 amide bonds. The van der Waals surface area contributed by atoms with Crippen molar-refractivity contribution in [3.8, 4) is 0 Å². The molecule has 0 aliphatic heterocycles. The lowest BCUT2D eigenvalue weighted by molar-refractivity contribution is 0.0949. The van der Waals surface area contributed by atoms with Gasteiger partial charge in [0.15, 0.2) is 5.82 Å². The van der Waals surface area contributed by atoms with Crippen LogP contribution in [-0.4, -0.2) is 20.7 Å². The normalized spacial score (nSPS) is 10.3. The Labute approximate surface area is 112 Å². The first-order valence-electron chi connectivity index (χ1n) is 5.24. The van der Waals surface area contributed by atoms with Crippen molar-refractivity contribution >= 4 is 27.5 Å². The maximum Gasteiger partial charge on any atom is 0.252 e. The molecule has 18 heavy (non-hydrogen) atoms. The Balaban J connectivity index is 2.06. The fraction of sp³-hybridized carbons (Fsp3) is 0.182. The van der Waals surface area contributed by atoms with Crippen molar-refractivity contribution in [2.75, 3.05) is 5.73 Å². The number of nitrogens with zero attached hydrogens (tertiary/aromatic N) is 3. The van der Waals surface area contributed by atoms with E-state index in [1.54, 1.807) is 36.3 Å². The molecule has 0 bridgehead atoms. The van der Waals surface area contributed by atoms with Gasteiger partial charge in [-0.2, -0.15) is 5.10 Å². The SMILES string of the molecule is Cn1cnc(CNC(=O)c2cccc(N)c2Br)n1. The average Bonchev–Trinajstić information content (AvgIpc) is 2.76. The van der Waals surface area contributed by atoms with E-state index in [1.807, 2.05) is 0 Å². The van der Waals surface area contributed by atoms with Gasteiger partial charge < -0.3 is 11.1 Å². The molecule has 0 saturated carbocycles. The van der Waals surface area contributed by atoms with Crippen LogP contribution in [0.4, 0.5) is 5.69 Å². The summed E-state index contributed by atoms with van der Waals surface area (Å²) in [5.74, 6) is 0.340. The minimum Gasteiger partial charge on any atom is -0.398 e. The third kappa shape index (κ3) is 2.67. The van der Waals surface area contributed by atoms with Gasteiger partial charge in [0.2, 0.25) is 0 Å². The maximum absolute atomic E-state index is 11.9. The summed E-state index contributed by atoms with van der Waals surface area (Å²) in [6.45, 7) is 0.279. The summed E-state index contributed by atoms with van der Waals surface area (Å²) in [6, 6.07) is 5.15. The van der Waals surface area contributed by atoms with E-state index in [0.29, 0.717) is 21.5 Å². The summed E-state index contributed by atoms with van der Waals surface area (Å²) in [7, 11) is 1.77. The molecule has 0 radical (unpaired) electrons. The van der Waals surface area contributed by atoms with Gasteiger partial charge in [0, 0.05) is 12.7 Å². The summed E-state index contributed by atoms with van der Waals surface area (Å²) < 4.78 is 2.18. The smallest absolute Gasteiger partial charge is 0.252 e. The Bertz CT molecular complexity index is 581. The zero-order chi connectivity index (χ0) is 13.1. The molecule has 0 fully saturated rings. The van der Waals surface area contributed by atoms with Crippen LogP contribution in [0, 0.1) is 0 Å². The number of rotatable bonds is 3. The van der Waals surface area contributed by atoms with E-state index in [0.717, 1.165) is 0 Å². The Kier molecular flexibility index (Phi) is 3.61. The molecule has 3 N–H and O–H groups in total. The highest BCUT2D eigenvalue weighted by Gasteiger charge is 2.12. The minimum atomic E-state index is -0.221. The highest BCUT2D eigenvalue weighted by molar-refractivity contribution is 9.10. The second-order valence-electron chi connectivity index (χ2n) is 3.73. The van der Waals surface area contributed by atoms with Crippen molar-refractivity contribution in [2.45, 2.75) is 6.54 Å². The van der Waals surface area contributed by atoms with Crippen molar-refractivity contribution in [3.63, 3.8) is 0 Å². The molecule has 94 valence electrons. The summed E-state index contributed by atoms with van der Waals surface area (Å²) in [6.07, 6.45) is 1.58. The van der Waals surface area contributed by atoms with Crippen LogP contribution in [0.5, 0.6) is 0 Å². The van der Waals surface area contributed by atoms with Crippen molar-refractivity contribution in [2.24, 2.45) is 7.05 Å². The number of nitrogens with one attached hydrogen (secondary N) is 1. The Morgan fingerprint density at radius 2 is 2.33 bits per heavy atom. The number of aryl methyl sites for hydroxylation is 1. The molecule has 0 atom stereocenters. The Morgan fingerprint density at radius 3 is 3.00 bits per heavy atom. The lowest BCUT2D eigenvalue weighted by Crippen LogP contribution is -2.24. The van der Waals surface area contributed by atoms with Gasteiger partial charge >= 0.3 is 0 Å². The summed E-state index contributed by atoms with van der Waals surface area (Å²) >= 11 is 3.29. The van der Waals surface area contributed by atoms with Crippen LogP contribution in [0.3, 0.4) is 0 Å². The van der Waals surface area contributed by atoms with Crippen molar-refractivity contribution in [3.05, 3.63) is 40.4 Å². The molecule has 0 unspecified atom stereocenters. The van der Waals surface area contributed by atoms with Gasteiger partial charge in [0.25, 0.3) is 5.91 Å². The van der Waals surface area contributed by atoms with Gasteiger partial charge in [-0.05, 0) is 28.1 Å². The average molecular weight is 310 g/mol. The predicted molar refractivity (Wildman–Crippen MR) is 70.7 cm³/mol. The predicted octanol–water partition coefficient (Wildman–Crippen LogP) is 1.09. The van der Waals surface area contributed by atoms with Gasteiger partial charge in [-0.25, -0.2) is 4.98 Å². The zero-order valence-electron chi connectivity index (χ0n) is 9.72. The van der Waals surface area contributed by atoms with Crippen LogP contribution in [0.2, 0.25) is 0 Å². The zero-order valence-corrected chi connectivity index (χ0v) is 11.3. The minimum absolute atomic E-state index is 0.221. The van der Waals surface area contributed by atoms with E-state index >= 15 is 0 Å². The Hall–Kier alpha value is -1.89. The molecule has 0 spiro atoms. The highest BCUT2D eigenvalue weighted by atomic mass is 79.9. The van der Waals surface area contributed by atoms with E-state index in [1.165, 1.54) is 0 Å². The van der Waals surface area contributed by atoms with Crippen molar-refractivity contribution < 1.29 is 4.79 Å². The molecule has 1 aromatic carbocycles. The number of nitrogens with two attached hydrogens (primary N) is 1. The first-order chi connectivity index (χ1) is 8.58. The van der Waals surface area contributed by atoms with Gasteiger partial charge in [0.1, 0.15) is 6.33 Å². The van der Waals surface area contributed by atoms with Gasteiger partial charge in [-0.3, -0.25) is 9.48 Å². The fourth-order valence-electron chi connectivity index (χ4n) is 1.44. The van der Waals surface area contributed by atoms with Crippen LogP contribution in [0.25, 0.3) is 0 Å². The van der Waals surface area contributed by atoms with Crippen LogP contribution in [0.15, 0.2) is 29.0 Å². The molecule has 2 rings (SSSR count). The van der Waals surface area contributed by atoms with E-state index in [9.17, 15) is 4.79 Å². The van der Waals surface area contributed by atoms with E-state index < -0.39 is 0 Å². The molecule has 7 heteroatoms. The number of carbonyl (C=O) groups excluding carboxylic acids is 1. The quantitative estimate of drug-likeness (QED) is 0.831. The summed E-state index contributed by atoms with van der Waals surface area (Å²) in [5, 5.41) is 6.80. The van der Waals surface area contributed by atoms with Gasteiger partial charge in [-0.1, -0.05) is 6.07 Å². The molecule has 6 nitrogen and oxygen atoms in total. The van der Waals surface area contributed by atoms with Gasteiger partial charge in [0.05, 0.1) is 16.6 Å². The molecule has 1 aromatic heterocycles. The topological polar surface area (TPSA) is 85.8 Å². The monoisotopic (exact) mass is 309 g/mol. The number of hydrogen-bond donors (Lipinski definition) is 2. The third-order valence-corrected chi connectivity index (χ3v) is 3.21. The maximum atomic E-state index is 11.9. The van der Waals surface area contributed by atoms with E-state index in [2.05, 4.69) is 31.3 Å². The standard InChI is InChI=1S/C11H12BrN5O/c1-17-6-15-9(16-17)5-14-11(18)7-3-2-4-8(13)10(7)12/h2-4,6H,5,13H2,1H3,(H,14,18). The number of benzene rings is 1. The van der Waals surface area contributed by atoms with E-state index in [4.69, 9.17) is 5.73 Å². The molecule has 0 saturated heterocycles. The number of halogens is 1. The van der Waals surface area contributed by atoms with Crippen LogP contribution >= 0.6 is 15.9 Å². The second kappa shape index (κ2) is 5.18. The first kappa shape index (κ1) is 12.6. The lowest BCUT2D eigenvalue weighted by Gasteiger charge is -2.06. The number of carbonyl (C=O) groups is 1. The molecular formula is C11H12BrN5O.